The first kappa shape index (κ1) is 53.6. The fraction of sp³-hybridized carbons (Fsp3) is 0.765. The van der Waals surface area contributed by atoms with Crippen LogP contribution in [0.4, 0.5) is 0 Å². The van der Waals surface area contributed by atoms with Crippen LogP contribution in [0.2, 0.25) is 0 Å². The quantitative estimate of drug-likeness (QED) is 0.0350. The smallest absolute Gasteiger partial charge is 0.306 e. The van der Waals surface area contributed by atoms with Gasteiger partial charge in [0, 0.05) is 19.4 Å². The average molecular weight is 783 g/mol. The van der Waals surface area contributed by atoms with Gasteiger partial charge in [0.05, 0.1) is 6.61 Å². The predicted molar refractivity (Wildman–Crippen MR) is 242 cm³/mol. The average Bonchev–Trinajstić information content (AvgIpc) is 3.20. The van der Waals surface area contributed by atoms with Gasteiger partial charge in [-0.05, 0) is 83.5 Å². The maximum atomic E-state index is 12.6. The summed E-state index contributed by atoms with van der Waals surface area (Å²) in [6, 6.07) is 0. The summed E-state index contributed by atoms with van der Waals surface area (Å²) in [5, 5.41) is 0. The number of rotatable bonds is 43. The van der Waals surface area contributed by atoms with Gasteiger partial charge in [0.2, 0.25) is 0 Å². The van der Waals surface area contributed by atoms with Crippen LogP contribution >= 0.6 is 0 Å². The van der Waals surface area contributed by atoms with Crippen molar-refractivity contribution in [1.82, 2.24) is 0 Å². The molecule has 0 aliphatic heterocycles. The summed E-state index contributed by atoms with van der Waals surface area (Å²) in [5.41, 5.74) is 0. The van der Waals surface area contributed by atoms with E-state index in [-0.39, 0.29) is 25.2 Å². The second kappa shape index (κ2) is 47.0. The van der Waals surface area contributed by atoms with Crippen molar-refractivity contribution in [3.05, 3.63) is 60.8 Å². The Morgan fingerprint density at radius 1 is 0.411 bits per heavy atom. The van der Waals surface area contributed by atoms with Crippen molar-refractivity contribution in [3.63, 3.8) is 0 Å². The van der Waals surface area contributed by atoms with E-state index < -0.39 is 6.10 Å². The number of esters is 2. The Kier molecular flexibility index (Phi) is 45.0. The van der Waals surface area contributed by atoms with Gasteiger partial charge in [-0.15, -0.1) is 0 Å². The van der Waals surface area contributed by atoms with Crippen molar-refractivity contribution < 1.29 is 23.8 Å². The van der Waals surface area contributed by atoms with E-state index in [4.69, 9.17) is 14.2 Å². The molecule has 324 valence electrons. The van der Waals surface area contributed by atoms with Gasteiger partial charge in [0.25, 0.3) is 0 Å². The summed E-state index contributed by atoms with van der Waals surface area (Å²) in [4.78, 5) is 25.2. The van der Waals surface area contributed by atoms with Gasteiger partial charge in [0.15, 0.2) is 6.10 Å². The zero-order valence-corrected chi connectivity index (χ0v) is 37.1. The normalized spacial score (nSPS) is 12.7. The zero-order chi connectivity index (χ0) is 40.7. The lowest BCUT2D eigenvalue weighted by Crippen LogP contribution is -2.30. The molecule has 1 unspecified atom stereocenters. The third kappa shape index (κ3) is 44.3. The Balaban J connectivity index is 4.19. The van der Waals surface area contributed by atoms with Crippen molar-refractivity contribution in [1.29, 1.82) is 0 Å². The summed E-state index contributed by atoms with van der Waals surface area (Å²) < 4.78 is 17.3. The molecule has 0 aromatic heterocycles. The van der Waals surface area contributed by atoms with E-state index in [0.29, 0.717) is 19.4 Å². The fourth-order valence-electron chi connectivity index (χ4n) is 6.49. The highest BCUT2D eigenvalue weighted by molar-refractivity contribution is 5.70. The van der Waals surface area contributed by atoms with E-state index >= 15 is 0 Å². The SMILES string of the molecule is CC/C=C\C/C=C\C/C=C\C/C=C\CCCCCOCC(COC(=O)CCCCCCCCC/C=C\CCCCCCCC)OC(=O)CCCCCCCCC. The summed E-state index contributed by atoms with van der Waals surface area (Å²) >= 11 is 0. The third-order valence-electron chi connectivity index (χ3n) is 10.0. The molecule has 5 heteroatoms. The maximum Gasteiger partial charge on any atom is 0.306 e. The first-order chi connectivity index (χ1) is 27.6. The van der Waals surface area contributed by atoms with E-state index in [1.54, 1.807) is 0 Å². The lowest BCUT2D eigenvalue weighted by molar-refractivity contribution is -0.163. The molecule has 0 aromatic rings. The van der Waals surface area contributed by atoms with Crippen molar-refractivity contribution in [2.24, 2.45) is 0 Å². The Bertz CT molecular complexity index is 977. The number of ether oxygens (including phenoxy) is 3. The molecule has 0 bridgehead atoms. The second-order valence-electron chi connectivity index (χ2n) is 15.6. The van der Waals surface area contributed by atoms with Gasteiger partial charge in [-0.25, -0.2) is 0 Å². The Morgan fingerprint density at radius 2 is 0.804 bits per heavy atom. The fourth-order valence-corrected chi connectivity index (χ4v) is 6.49. The predicted octanol–water partition coefficient (Wildman–Crippen LogP) is 15.8. The van der Waals surface area contributed by atoms with E-state index in [1.807, 2.05) is 0 Å². The summed E-state index contributed by atoms with van der Waals surface area (Å²) in [6.07, 6.45) is 58.1. The zero-order valence-electron chi connectivity index (χ0n) is 37.1. The molecule has 0 aliphatic carbocycles. The monoisotopic (exact) mass is 783 g/mol. The van der Waals surface area contributed by atoms with Crippen LogP contribution < -0.4 is 0 Å². The highest BCUT2D eigenvalue weighted by Crippen LogP contribution is 2.13. The third-order valence-corrected chi connectivity index (χ3v) is 10.0. The molecule has 0 amide bonds. The molecule has 0 radical (unpaired) electrons. The van der Waals surface area contributed by atoms with Gasteiger partial charge >= 0.3 is 11.9 Å². The topological polar surface area (TPSA) is 61.8 Å². The van der Waals surface area contributed by atoms with Crippen LogP contribution in [-0.4, -0.2) is 37.9 Å². The molecule has 0 heterocycles. The summed E-state index contributed by atoms with van der Waals surface area (Å²) in [7, 11) is 0. The first-order valence-corrected chi connectivity index (χ1v) is 23.8. The first-order valence-electron chi connectivity index (χ1n) is 23.8. The molecular weight excluding hydrogens is 693 g/mol. The van der Waals surface area contributed by atoms with Crippen LogP contribution in [0.1, 0.15) is 226 Å². The molecule has 0 spiro atoms. The van der Waals surface area contributed by atoms with Crippen LogP contribution in [0.15, 0.2) is 60.8 Å². The van der Waals surface area contributed by atoms with Gasteiger partial charge in [-0.1, -0.05) is 191 Å². The molecule has 0 saturated heterocycles. The largest absolute Gasteiger partial charge is 0.462 e. The number of unbranched alkanes of at least 4 members (excludes halogenated alkanes) is 22. The Labute approximate surface area is 347 Å². The Hall–Kier alpha value is -2.40. The van der Waals surface area contributed by atoms with Crippen molar-refractivity contribution >= 4 is 11.9 Å². The van der Waals surface area contributed by atoms with Crippen molar-refractivity contribution in [3.8, 4) is 0 Å². The molecular formula is C51H90O5. The summed E-state index contributed by atoms with van der Waals surface area (Å²) in [6.45, 7) is 7.61. The minimum atomic E-state index is -0.550. The highest BCUT2D eigenvalue weighted by Gasteiger charge is 2.17. The molecule has 0 fully saturated rings. The molecule has 5 nitrogen and oxygen atoms in total. The molecule has 0 aliphatic rings. The van der Waals surface area contributed by atoms with Crippen LogP contribution in [0, 0.1) is 0 Å². The number of carbonyl (C=O) groups excluding carboxylic acids is 2. The minimum Gasteiger partial charge on any atom is -0.462 e. The Morgan fingerprint density at radius 3 is 1.30 bits per heavy atom. The van der Waals surface area contributed by atoms with E-state index in [9.17, 15) is 9.59 Å². The van der Waals surface area contributed by atoms with E-state index in [0.717, 1.165) is 89.9 Å². The lowest BCUT2D eigenvalue weighted by atomic mass is 10.1. The van der Waals surface area contributed by atoms with Crippen LogP contribution in [0.25, 0.3) is 0 Å². The molecule has 0 aromatic carbocycles. The number of allylic oxidation sites excluding steroid dienone is 10. The van der Waals surface area contributed by atoms with Crippen molar-refractivity contribution in [2.75, 3.05) is 19.8 Å². The van der Waals surface area contributed by atoms with Gasteiger partial charge < -0.3 is 14.2 Å². The number of hydrogen-bond acceptors (Lipinski definition) is 5. The van der Waals surface area contributed by atoms with E-state index in [2.05, 4.69) is 81.5 Å². The molecule has 0 rings (SSSR count). The maximum absolute atomic E-state index is 12.6. The molecule has 0 saturated carbocycles. The van der Waals surface area contributed by atoms with Gasteiger partial charge in [-0.3, -0.25) is 9.59 Å². The molecule has 0 N–H and O–H groups in total. The number of hydrogen-bond donors (Lipinski definition) is 0. The van der Waals surface area contributed by atoms with Crippen molar-refractivity contribution in [2.45, 2.75) is 232 Å². The molecule has 56 heavy (non-hydrogen) atoms. The summed E-state index contributed by atoms with van der Waals surface area (Å²) in [5.74, 6) is -0.424. The molecule has 1 atom stereocenters. The van der Waals surface area contributed by atoms with E-state index in [1.165, 1.54) is 103 Å². The van der Waals surface area contributed by atoms with Crippen LogP contribution in [0.5, 0.6) is 0 Å². The second-order valence-corrected chi connectivity index (χ2v) is 15.6. The van der Waals surface area contributed by atoms with Gasteiger partial charge in [0.1, 0.15) is 6.61 Å². The standard InChI is InChI=1S/C51H90O5/c1-4-7-10-13-16-18-20-22-24-26-27-29-31-33-36-38-41-44-50(52)55-48-49(56-51(53)45-42-39-35-15-12-9-6-3)47-54-46-43-40-37-34-32-30-28-25-23-21-19-17-14-11-8-5-2/h8,11,17,19,22-25,30,32,49H,4-7,9-10,12-16,18,20-21,26-29,31,33-48H2,1-3H3/b11-8-,19-17-,24-22-,25-23-,32-30-. The lowest BCUT2D eigenvalue weighted by Gasteiger charge is -2.18. The van der Waals surface area contributed by atoms with Crippen LogP contribution in [-0.2, 0) is 23.8 Å². The van der Waals surface area contributed by atoms with Gasteiger partial charge in [-0.2, -0.15) is 0 Å². The number of carbonyl (C=O) groups is 2. The minimum absolute atomic E-state index is 0.0703. The van der Waals surface area contributed by atoms with Crippen LogP contribution in [0.3, 0.4) is 0 Å². The highest BCUT2D eigenvalue weighted by atomic mass is 16.6.